The summed E-state index contributed by atoms with van der Waals surface area (Å²) in [6, 6.07) is 14.4. The number of piperazine rings is 1. The Hall–Kier alpha value is -2.73. The molecule has 2 amide bonds. The second-order valence-electron chi connectivity index (χ2n) is 6.16. The molecule has 3 N–H and O–H groups in total. The van der Waals surface area contributed by atoms with Gasteiger partial charge in [-0.25, -0.2) is 0 Å². The maximum Gasteiger partial charge on any atom is 0.251 e. The molecule has 136 valence electrons. The van der Waals surface area contributed by atoms with E-state index >= 15 is 0 Å². The number of benzene rings is 2. The highest BCUT2D eigenvalue weighted by Gasteiger charge is 2.21. The molecule has 6 nitrogen and oxygen atoms in total. The molecule has 0 bridgehead atoms. The molecule has 1 saturated heterocycles. The number of carbonyl (C=O) groups excluding carboxylic acids is 2. The summed E-state index contributed by atoms with van der Waals surface area (Å²) in [5.41, 5.74) is 7.69. The molecule has 1 fully saturated rings. The normalized spacial score (nSPS) is 14.2. The van der Waals surface area contributed by atoms with Crippen LogP contribution >= 0.6 is 11.6 Å². The van der Waals surface area contributed by atoms with Crippen molar-refractivity contribution in [3.63, 3.8) is 0 Å². The van der Waals surface area contributed by atoms with Crippen molar-refractivity contribution in [2.45, 2.75) is 0 Å². The van der Waals surface area contributed by atoms with Crippen LogP contribution in [0.3, 0.4) is 0 Å². The fourth-order valence-electron chi connectivity index (χ4n) is 2.94. The van der Waals surface area contributed by atoms with E-state index in [0.717, 1.165) is 18.8 Å². The average Bonchev–Trinajstić information content (AvgIpc) is 2.66. The van der Waals surface area contributed by atoms with Crippen molar-refractivity contribution in [1.29, 1.82) is 0 Å². The van der Waals surface area contributed by atoms with Crippen LogP contribution in [0.25, 0.3) is 0 Å². The SMILES string of the molecule is Nc1cccc(C(=O)NCC(=O)N2CCN(c3cccc(Cl)c3)CC2)c1. The highest BCUT2D eigenvalue weighted by molar-refractivity contribution is 6.30. The lowest BCUT2D eigenvalue weighted by molar-refractivity contribution is -0.130. The summed E-state index contributed by atoms with van der Waals surface area (Å²) in [5, 5.41) is 3.36. The summed E-state index contributed by atoms with van der Waals surface area (Å²) >= 11 is 6.04. The van der Waals surface area contributed by atoms with Crippen LogP contribution in [-0.4, -0.2) is 49.4 Å². The summed E-state index contributed by atoms with van der Waals surface area (Å²) < 4.78 is 0. The van der Waals surface area contributed by atoms with E-state index < -0.39 is 0 Å². The number of nitrogen functional groups attached to an aromatic ring is 1. The lowest BCUT2D eigenvalue weighted by Gasteiger charge is -2.36. The molecule has 0 unspecified atom stereocenters. The largest absolute Gasteiger partial charge is 0.399 e. The zero-order valence-corrected chi connectivity index (χ0v) is 15.1. The smallest absolute Gasteiger partial charge is 0.251 e. The van der Waals surface area contributed by atoms with Gasteiger partial charge in [-0.3, -0.25) is 9.59 Å². The van der Waals surface area contributed by atoms with E-state index in [0.29, 0.717) is 29.4 Å². The van der Waals surface area contributed by atoms with Crippen molar-refractivity contribution >= 4 is 34.8 Å². The Kier molecular flexibility index (Phi) is 5.63. The fourth-order valence-corrected chi connectivity index (χ4v) is 3.12. The van der Waals surface area contributed by atoms with Gasteiger partial charge >= 0.3 is 0 Å². The Labute approximate surface area is 157 Å². The van der Waals surface area contributed by atoms with E-state index in [1.807, 2.05) is 24.3 Å². The minimum Gasteiger partial charge on any atom is -0.399 e. The van der Waals surface area contributed by atoms with E-state index in [1.165, 1.54) is 0 Å². The average molecular weight is 373 g/mol. The van der Waals surface area contributed by atoms with Crippen molar-refractivity contribution in [3.8, 4) is 0 Å². The van der Waals surface area contributed by atoms with Crippen molar-refractivity contribution in [1.82, 2.24) is 10.2 Å². The van der Waals surface area contributed by atoms with Gasteiger partial charge in [-0.1, -0.05) is 23.7 Å². The zero-order chi connectivity index (χ0) is 18.5. The van der Waals surface area contributed by atoms with Crippen molar-refractivity contribution in [2.75, 3.05) is 43.4 Å². The number of rotatable bonds is 4. The molecular weight excluding hydrogens is 352 g/mol. The van der Waals surface area contributed by atoms with Gasteiger partial charge in [0.05, 0.1) is 6.54 Å². The first-order chi connectivity index (χ1) is 12.5. The van der Waals surface area contributed by atoms with Crippen molar-refractivity contribution in [2.24, 2.45) is 0 Å². The summed E-state index contributed by atoms with van der Waals surface area (Å²) in [4.78, 5) is 28.4. The molecule has 0 atom stereocenters. The molecule has 2 aromatic carbocycles. The topological polar surface area (TPSA) is 78.7 Å². The molecule has 1 aliphatic heterocycles. The first-order valence-corrected chi connectivity index (χ1v) is 8.83. The summed E-state index contributed by atoms with van der Waals surface area (Å²) in [5.74, 6) is -0.392. The van der Waals surface area contributed by atoms with Gasteiger partial charge in [-0.05, 0) is 36.4 Å². The number of amides is 2. The quantitative estimate of drug-likeness (QED) is 0.804. The molecule has 1 aliphatic rings. The molecule has 0 aromatic heterocycles. The number of nitrogens with two attached hydrogens (primary N) is 1. The number of carbonyl (C=O) groups is 2. The molecule has 0 aliphatic carbocycles. The van der Waals surface area contributed by atoms with Crippen LogP contribution in [0.5, 0.6) is 0 Å². The van der Waals surface area contributed by atoms with E-state index in [9.17, 15) is 9.59 Å². The highest BCUT2D eigenvalue weighted by Crippen LogP contribution is 2.20. The van der Waals surface area contributed by atoms with Crippen LogP contribution in [0.4, 0.5) is 11.4 Å². The molecule has 0 saturated carbocycles. The molecule has 3 rings (SSSR count). The third-order valence-electron chi connectivity index (χ3n) is 4.35. The van der Waals surface area contributed by atoms with E-state index in [4.69, 9.17) is 17.3 Å². The Bertz CT molecular complexity index is 804. The monoisotopic (exact) mass is 372 g/mol. The Morgan fingerprint density at radius 1 is 1.04 bits per heavy atom. The van der Waals surface area contributed by atoms with Crippen LogP contribution < -0.4 is 16.0 Å². The second kappa shape index (κ2) is 8.10. The first kappa shape index (κ1) is 18.1. The number of nitrogens with one attached hydrogen (secondary N) is 1. The predicted octanol–water partition coefficient (Wildman–Crippen LogP) is 2.00. The molecule has 0 radical (unpaired) electrons. The van der Waals surface area contributed by atoms with Gasteiger partial charge in [0.25, 0.3) is 5.91 Å². The van der Waals surface area contributed by atoms with Crippen LogP contribution in [-0.2, 0) is 4.79 Å². The molecule has 0 spiro atoms. The first-order valence-electron chi connectivity index (χ1n) is 8.45. The maximum atomic E-state index is 12.3. The van der Waals surface area contributed by atoms with Gasteiger partial charge in [0, 0.05) is 48.1 Å². The molecule has 26 heavy (non-hydrogen) atoms. The standard InChI is InChI=1S/C19H21ClN4O2/c20-15-4-2-6-17(12-15)23-7-9-24(10-8-23)18(25)13-22-19(26)14-3-1-5-16(21)11-14/h1-6,11-12H,7-10,13,21H2,(H,22,26). The number of hydrogen-bond acceptors (Lipinski definition) is 4. The van der Waals surface area contributed by atoms with E-state index in [2.05, 4.69) is 10.2 Å². The Morgan fingerprint density at radius 2 is 1.77 bits per heavy atom. The number of halogens is 1. The van der Waals surface area contributed by atoms with Crippen LogP contribution in [0.15, 0.2) is 48.5 Å². The zero-order valence-electron chi connectivity index (χ0n) is 14.3. The fraction of sp³-hybridized carbons (Fsp3) is 0.263. The van der Waals surface area contributed by atoms with Gasteiger partial charge in [0.2, 0.25) is 5.91 Å². The Morgan fingerprint density at radius 3 is 2.46 bits per heavy atom. The van der Waals surface area contributed by atoms with Crippen molar-refractivity contribution < 1.29 is 9.59 Å². The maximum absolute atomic E-state index is 12.3. The minimum absolute atomic E-state index is 0.0230. The molecule has 2 aromatic rings. The van der Waals surface area contributed by atoms with Gasteiger partial charge in [-0.2, -0.15) is 0 Å². The van der Waals surface area contributed by atoms with Gasteiger partial charge < -0.3 is 20.9 Å². The minimum atomic E-state index is -0.303. The molecule has 1 heterocycles. The van der Waals surface area contributed by atoms with Gasteiger partial charge in [-0.15, -0.1) is 0 Å². The Balaban J connectivity index is 1.48. The van der Waals surface area contributed by atoms with E-state index in [-0.39, 0.29) is 18.4 Å². The third kappa shape index (κ3) is 4.46. The summed E-state index contributed by atoms with van der Waals surface area (Å²) in [6.45, 7) is 2.66. The number of anilines is 2. The lowest BCUT2D eigenvalue weighted by atomic mass is 10.2. The van der Waals surface area contributed by atoms with Crippen LogP contribution in [0, 0.1) is 0 Å². The van der Waals surface area contributed by atoms with Gasteiger partial charge in [0.1, 0.15) is 0 Å². The third-order valence-corrected chi connectivity index (χ3v) is 4.59. The number of nitrogens with zero attached hydrogens (tertiary/aromatic N) is 2. The van der Waals surface area contributed by atoms with Crippen LogP contribution in [0.1, 0.15) is 10.4 Å². The number of hydrogen-bond donors (Lipinski definition) is 2. The summed E-state index contributed by atoms with van der Waals surface area (Å²) in [6.07, 6.45) is 0. The molecular formula is C19H21ClN4O2. The summed E-state index contributed by atoms with van der Waals surface area (Å²) in [7, 11) is 0. The second-order valence-corrected chi connectivity index (χ2v) is 6.59. The lowest BCUT2D eigenvalue weighted by Crippen LogP contribution is -2.51. The van der Waals surface area contributed by atoms with Gasteiger partial charge in [0.15, 0.2) is 0 Å². The molecule has 7 heteroatoms. The predicted molar refractivity (Wildman–Crippen MR) is 103 cm³/mol. The van der Waals surface area contributed by atoms with E-state index in [1.54, 1.807) is 29.2 Å². The van der Waals surface area contributed by atoms with Crippen molar-refractivity contribution in [3.05, 3.63) is 59.1 Å². The highest BCUT2D eigenvalue weighted by atomic mass is 35.5. The van der Waals surface area contributed by atoms with Crippen LogP contribution in [0.2, 0.25) is 5.02 Å².